The van der Waals surface area contributed by atoms with Gasteiger partial charge in [0.25, 0.3) is 0 Å². The second kappa shape index (κ2) is 13.9. The number of hydrogen-bond acceptors (Lipinski definition) is 5. The number of sulfonamides is 1. The van der Waals surface area contributed by atoms with E-state index in [1.807, 2.05) is 13.8 Å². The zero-order chi connectivity index (χ0) is 27.8. The van der Waals surface area contributed by atoms with Crippen molar-refractivity contribution < 1.29 is 22.7 Å². The van der Waals surface area contributed by atoms with Crippen LogP contribution in [-0.2, 0) is 26.2 Å². The predicted octanol–water partition coefficient (Wildman–Crippen LogP) is 4.88. The van der Waals surface area contributed by atoms with Gasteiger partial charge in [0.1, 0.15) is 11.8 Å². The van der Waals surface area contributed by atoms with E-state index in [0.717, 1.165) is 12.7 Å². The molecule has 0 saturated heterocycles. The Morgan fingerprint density at radius 1 is 1.05 bits per heavy atom. The van der Waals surface area contributed by atoms with Crippen molar-refractivity contribution in [1.29, 1.82) is 0 Å². The van der Waals surface area contributed by atoms with Crippen LogP contribution < -0.4 is 14.4 Å². The first kappa shape index (κ1) is 30.7. The molecule has 2 aromatic rings. The van der Waals surface area contributed by atoms with E-state index in [1.165, 1.54) is 16.3 Å². The first-order valence-electron chi connectivity index (χ1n) is 12.0. The number of ether oxygens (including phenoxy) is 1. The molecule has 2 amide bonds. The average Bonchev–Trinajstić information content (AvgIpc) is 2.85. The van der Waals surface area contributed by atoms with Crippen LogP contribution >= 0.6 is 23.2 Å². The van der Waals surface area contributed by atoms with Gasteiger partial charge in [0.2, 0.25) is 21.8 Å². The van der Waals surface area contributed by atoms with Gasteiger partial charge in [-0.05, 0) is 51.0 Å². The van der Waals surface area contributed by atoms with E-state index in [1.54, 1.807) is 49.4 Å². The first-order valence-corrected chi connectivity index (χ1v) is 14.6. The van der Waals surface area contributed by atoms with Crippen LogP contribution in [0.1, 0.15) is 45.6 Å². The smallest absolute Gasteiger partial charge is 0.242 e. The Bertz CT molecular complexity index is 1170. The molecule has 2 atom stereocenters. The van der Waals surface area contributed by atoms with E-state index in [2.05, 4.69) is 5.32 Å². The van der Waals surface area contributed by atoms with E-state index < -0.39 is 16.1 Å². The molecule has 0 saturated carbocycles. The summed E-state index contributed by atoms with van der Waals surface area (Å²) in [6, 6.07) is 11.0. The molecule has 0 aliphatic rings. The van der Waals surface area contributed by atoms with E-state index in [0.29, 0.717) is 27.0 Å². The van der Waals surface area contributed by atoms with Crippen molar-refractivity contribution in [3.8, 4) is 5.75 Å². The van der Waals surface area contributed by atoms with E-state index >= 15 is 0 Å². The minimum atomic E-state index is -3.65. The molecule has 0 bridgehead atoms. The molecule has 0 fully saturated rings. The number of anilines is 1. The molecule has 8 nitrogen and oxygen atoms in total. The zero-order valence-electron chi connectivity index (χ0n) is 21.8. The maximum Gasteiger partial charge on any atom is 0.242 e. The van der Waals surface area contributed by atoms with Gasteiger partial charge in [0.05, 0.1) is 19.1 Å². The molecular weight excluding hydrogens is 537 g/mol. The molecule has 0 spiro atoms. The monoisotopic (exact) mass is 571 g/mol. The Hall–Kier alpha value is -2.49. The molecule has 0 aromatic heterocycles. The molecular formula is C26H35Cl2N3O5S. The van der Waals surface area contributed by atoms with Gasteiger partial charge in [0, 0.05) is 41.2 Å². The predicted molar refractivity (Wildman–Crippen MR) is 149 cm³/mol. The number of amides is 2. The Morgan fingerprint density at radius 2 is 1.68 bits per heavy atom. The van der Waals surface area contributed by atoms with Crippen LogP contribution in [0, 0.1) is 0 Å². The van der Waals surface area contributed by atoms with Crippen LogP contribution in [0.3, 0.4) is 0 Å². The van der Waals surface area contributed by atoms with E-state index in [9.17, 15) is 18.0 Å². The lowest BCUT2D eigenvalue weighted by Crippen LogP contribution is -2.49. The van der Waals surface area contributed by atoms with Crippen LogP contribution in [-0.4, -0.2) is 57.1 Å². The zero-order valence-corrected chi connectivity index (χ0v) is 24.2. The Morgan fingerprint density at radius 3 is 2.24 bits per heavy atom. The molecule has 37 heavy (non-hydrogen) atoms. The lowest BCUT2D eigenvalue weighted by atomic mass is 10.1. The number of carbonyl (C=O) groups is 2. The van der Waals surface area contributed by atoms with Gasteiger partial charge < -0.3 is 15.0 Å². The molecule has 0 radical (unpaired) electrons. The summed E-state index contributed by atoms with van der Waals surface area (Å²) in [4.78, 5) is 27.8. The fourth-order valence-corrected chi connectivity index (χ4v) is 5.21. The highest BCUT2D eigenvalue weighted by Crippen LogP contribution is 2.30. The van der Waals surface area contributed by atoms with Crippen LogP contribution in [0.15, 0.2) is 42.5 Å². The Balaban J connectivity index is 2.26. The normalized spacial score (nSPS) is 12.9. The van der Waals surface area contributed by atoms with Crippen molar-refractivity contribution in [1.82, 2.24) is 10.2 Å². The van der Waals surface area contributed by atoms with Crippen LogP contribution in [0.25, 0.3) is 0 Å². The average molecular weight is 573 g/mol. The molecule has 1 N–H and O–H groups in total. The highest BCUT2D eigenvalue weighted by Gasteiger charge is 2.28. The largest absolute Gasteiger partial charge is 0.495 e. The molecule has 204 valence electrons. The van der Waals surface area contributed by atoms with Gasteiger partial charge >= 0.3 is 0 Å². The third-order valence-corrected chi connectivity index (χ3v) is 7.95. The van der Waals surface area contributed by atoms with Gasteiger partial charge in [-0.1, -0.05) is 48.3 Å². The standard InChI is InChI=1S/C26H35Cl2N3O5S/c1-6-18(2)29-26(33)19(3)30(17-20-21(27)11-9-12-22(20)28)25(32)15-10-16-31(37(5,34)35)23-13-7-8-14-24(23)36-4/h7-9,11-14,18-19H,6,10,15-17H2,1-5H3,(H,29,33). The summed E-state index contributed by atoms with van der Waals surface area (Å²) in [5.74, 6) is -0.210. The van der Waals surface area contributed by atoms with Gasteiger partial charge in [-0.2, -0.15) is 0 Å². The summed E-state index contributed by atoms with van der Waals surface area (Å²) in [6.45, 7) is 5.59. The summed E-state index contributed by atoms with van der Waals surface area (Å²) in [5, 5.41) is 3.68. The lowest BCUT2D eigenvalue weighted by molar-refractivity contribution is -0.140. The van der Waals surface area contributed by atoms with E-state index in [-0.39, 0.29) is 43.8 Å². The number of nitrogens with one attached hydrogen (secondary N) is 1. The fourth-order valence-electron chi connectivity index (χ4n) is 3.72. The van der Waals surface area contributed by atoms with Crippen molar-refractivity contribution in [3.63, 3.8) is 0 Å². The molecule has 2 unspecified atom stereocenters. The summed E-state index contributed by atoms with van der Waals surface area (Å²) in [6.07, 6.45) is 2.07. The summed E-state index contributed by atoms with van der Waals surface area (Å²) in [5.41, 5.74) is 0.926. The molecule has 0 heterocycles. The minimum Gasteiger partial charge on any atom is -0.495 e. The van der Waals surface area contributed by atoms with Crippen molar-refractivity contribution in [2.75, 3.05) is 24.2 Å². The maximum atomic E-state index is 13.4. The first-order chi connectivity index (χ1) is 17.4. The highest BCUT2D eigenvalue weighted by atomic mass is 35.5. The Kier molecular flexibility index (Phi) is 11.5. The van der Waals surface area contributed by atoms with Crippen LogP contribution in [0.2, 0.25) is 10.0 Å². The number of halogens is 2. The number of carbonyl (C=O) groups excluding carboxylic acids is 2. The quantitative estimate of drug-likeness (QED) is 0.369. The third kappa shape index (κ3) is 8.51. The number of benzene rings is 2. The molecule has 11 heteroatoms. The SMILES string of the molecule is CCC(C)NC(=O)C(C)N(Cc1c(Cl)cccc1Cl)C(=O)CCCN(c1ccccc1OC)S(C)(=O)=O. The minimum absolute atomic E-state index is 0.00416. The lowest BCUT2D eigenvalue weighted by Gasteiger charge is -2.31. The fraction of sp³-hybridized carbons (Fsp3) is 0.462. The van der Waals surface area contributed by atoms with Crippen molar-refractivity contribution >= 4 is 50.7 Å². The molecule has 2 rings (SSSR count). The number of rotatable bonds is 13. The summed E-state index contributed by atoms with van der Waals surface area (Å²) in [7, 11) is -2.18. The highest BCUT2D eigenvalue weighted by molar-refractivity contribution is 7.92. The summed E-state index contributed by atoms with van der Waals surface area (Å²) >= 11 is 12.7. The second-order valence-electron chi connectivity index (χ2n) is 8.83. The molecule has 0 aliphatic heterocycles. The van der Waals surface area contributed by atoms with Crippen molar-refractivity contribution in [2.45, 2.75) is 58.7 Å². The second-order valence-corrected chi connectivity index (χ2v) is 11.5. The van der Waals surface area contributed by atoms with Gasteiger partial charge in [-0.25, -0.2) is 8.42 Å². The number of methoxy groups -OCH3 is 1. The van der Waals surface area contributed by atoms with Gasteiger partial charge in [-0.15, -0.1) is 0 Å². The van der Waals surface area contributed by atoms with Crippen molar-refractivity contribution in [3.05, 3.63) is 58.1 Å². The van der Waals surface area contributed by atoms with E-state index in [4.69, 9.17) is 27.9 Å². The van der Waals surface area contributed by atoms with Gasteiger partial charge in [-0.3, -0.25) is 13.9 Å². The topological polar surface area (TPSA) is 96.0 Å². The van der Waals surface area contributed by atoms with Crippen LogP contribution in [0.4, 0.5) is 5.69 Å². The number of nitrogens with zero attached hydrogens (tertiary/aromatic N) is 2. The third-order valence-electron chi connectivity index (χ3n) is 6.06. The summed E-state index contributed by atoms with van der Waals surface area (Å²) < 4.78 is 31.6. The number of hydrogen-bond donors (Lipinski definition) is 1. The molecule has 2 aromatic carbocycles. The molecule has 0 aliphatic carbocycles. The number of para-hydroxylation sites is 2. The van der Waals surface area contributed by atoms with Crippen LogP contribution in [0.5, 0.6) is 5.75 Å². The van der Waals surface area contributed by atoms with Crippen molar-refractivity contribution in [2.24, 2.45) is 0 Å². The maximum absolute atomic E-state index is 13.4. The van der Waals surface area contributed by atoms with Gasteiger partial charge in [0.15, 0.2) is 0 Å². The Labute approximate surface area is 229 Å².